The van der Waals surface area contributed by atoms with Crippen LogP contribution in [0.1, 0.15) is 5.56 Å². The second-order valence-electron chi connectivity index (χ2n) is 4.72. The van der Waals surface area contributed by atoms with Crippen molar-refractivity contribution in [3.63, 3.8) is 0 Å². The topological polar surface area (TPSA) is 61.5 Å². The third kappa shape index (κ3) is 1.92. The van der Waals surface area contributed by atoms with Gasteiger partial charge in [0.2, 0.25) is 0 Å². The number of hydrogen-bond acceptors (Lipinski definition) is 2. The molecule has 2 aromatic rings. The Hall–Kier alpha value is -1.62. The van der Waals surface area contributed by atoms with Crippen LogP contribution in [-0.4, -0.2) is 40.6 Å². The van der Waals surface area contributed by atoms with E-state index in [-0.39, 0.29) is 5.56 Å². The zero-order valence-electron chi connectivity index (χ0n) is 9.16. The van der Waals surface area contributed by atoms with E-state index >= 15 is 0 Å². The second-order valence-corrected chi connectivity index (χ2v) is 4.72. The summed E-state index contributed by atoms with van der Waals surface area (Å²) in [5.74, 6) is 0. The van der Waals surface area contributed by atoms with Gasteiger partial charge in [-0.3, -0.25) is 4.79 Å². The Morgan fingerprint density at radius 2 is 2.07 bits per heavy atom. The molecule has 15 heavy (non-hydrogen) atoms. The Morgan fingerprint density at radius 1 is 1.33 bits per heavy atom. The van der Waals surface area contributed by atoms with Crippen molar-refractivity contribution in [1.82, 2.24) is 15.0 Å². The highest BCUT2D eigenvalue weighted by molar-refractivity contribution is 5.78. The van der Waals surface area contributed by atoms with Crippen molar-refractivity contribution in [1.29, 1.82) is 0 Å². The molecule has 0 aliphatic rings. The maximum atomic E-state index is 11.6. The van der Waals surface area contributed by atoms with Crippen molar-refractivity contribution in [3.8, 4) is 0 Å². The van der Waals surface area contributed by atoms with Crippen molar-refractivity contribution in [2.24, 2.45) is 0 Å². The fourth-order valence-electron chi connectivity index (χ4n) is 1.67. The van der Waals surface area contributed by atoms with E-state index in [1.807, 2.05) is 6.20 Å². The lowest BCUT2D eigenvalue weighted by atomic mass is 10.2. The molecule has 2 N–H and O–H groups in total. The molecular formula is C10H15N4O+. The lowest BCUT2D eigenvalue weighted by Gasteiger charge is -2.23. The number of aromatic amines is 2. The molecule has 0 saturated carbocycles. The third-order valence-electron chi connectivity index (χ3n) is 2.20. The van der Waals surface area contributed by atoms with Gasteiger partial charge in [-0.2, -0.15) is 0 Å². The molecule has 0 aliphatic heterocycles. The van der Waals surface area contributed by atoms with E-state index in [2.05, 4.69) is 36.1 Å². The van der Waals surface area contributed by atoms with E-state index in [4.69, 9.17) is 0 Å². The van der Waals surface area contributed by atoms with Crippen molar-refractivity contribution in [2.75, 3.05) is 21.1 Å². The van der Waals surface area contributed by atoms with Gasteiger partial charge in [0, 0.05) is 11.8 Å². The van der Waals surface area contributed by atoms with Gasteiger partial charge >= 0.3 is 0 Å². The highest BCUT2D eigenvalue weighted by atomic mass is 16.1. The Morgan fingerprint density at radius 3 is 2.73 bits per heavy atom. The van der Waals surface area contributed by atoms with Crippen LogP contribution in [0.5, 0.6) is 0 Å². The minimum atomic E-state index is -0.0790. The van der Waals surface area contributed by atoms with Gasteiger partial charge in [-0.25, -0.2) is 4.98 Å². The number of nitrogens with one attached hydrogen (secondary N) is 2. The summed E-state index contributed by atoms with van der Waals surface area (Å²) in [6.07, 6.45) is 3.27. The molecular weight excluding hydrogens is 192 g/mol. The third-order valence-corrected chi connectivity index (χ3v) is 2.20. The summed E-state index contributed by atoms with van der Waals surface area (Å²) in [7, 11) is 6.26. The quantitative estimate of drug-likeness (QED) is 0.703. The number of fused-ring (bicyclic) bond motifs is 1. The molecule has 0 fully saturated rings. The molecule has 5 nitrogen and oxygen atoms in total. The fraction of sp³-hybridized carbons (Fsp3) is 0.400. The molecule has 0 aromatic carbocycles. The van der Waals surface area contributed by atoms with Gasteiger partial charge in [-0.1, -0.05) is 0 Å². The maximum Gasteiger partial charge on any atom is 0.260 e. The Bertz CT molecular complexity index is 532. The first kappa shape index (κ1) is 9.92. The lowest BCUT2D eigenvalue weighted by Crippen LogP contribution is -2.33. The maximum absolute atomic E-state index is 11.6. The van der Waals surface area contributed by atoms with Crippen LogP contribution in [0.2, 0.25) is 0 Å². The van der Waals surface area contributed by atoms with E-state index < -0.39 is 0 Å². The number of rotatable bonds is 2. The monoisotopic (exact) mass is 207 g/mol. The van der Waals surface area contributed by atoms with Gasteiger partial charge in [0.25, 0.3) is 5.56 Å². The molecule has 0 amide bonds. The van der Waals surface area contributed by atoms with Crippen LogP contribution >= 0.6 is 0 Å². The predicted molar refractivity (Wildman–Crippen MR) is 58.5 cm³/mol. The molecule has 2 rings (SSSR count). The number of hydrogen-bond donors (Lipinski definition) is 2. The molecule has 0 radical (unpaired) electrons. The predicted octanol–water partition coefficient (Wildman–Crippen LogP) is 0.457. The summed E-state index contributed by atoms with van der Waals surface area (Å²) in [5, 5.41) is 0.672. The van der Waals surface area contributed by atoms with Gasteiger partial charge in [0.05, 0.1) is 32.9 Å². The zero-order valence-corrected chi connectivity index (χ0v) is 9.16. The highest BCUT2D eigenvalue weighted by Crippen LogP contribution is 2.14. The fourth-order valence-corrected chi connectivity index (χ4v) is 1.67. The SMILES string of the molecule is C[N+](C)(C)Cc1c[nH]c2nc[nH]c(=O)c12. The van der Waals surface area contributed by atoms with Crippen molar-refractivity contribution in [2.45, 2.75) is 6.54 Å². The molecule has 0 bridgehead atoms. The standard InChI is InChI=1S/C10H14N4O/c1-14(2,3)5-7-4-11-9-8(7)10(15)13-6-12-9/h4,6H,5H2,1-3H3,(H-,11,12,13,15)/p+1. The van der Waals surface area contributed by atoms with Gasteiger partial charge in [-0.15, -0.1) is 0 Å². The van der Waals surface area contributed by atoms with Crippen LogP contribution in [0.4, 0.5) is 0 Å². The highest BCUT2D eigenvalue weighted by Gasteiger charge is 2.15. The molecule has 0 spiro atoms. The second kappa shape index (κ2) is 3.20. The molecule has 80 valence electrons. The van der Waals surface area contributed by atoms with Crippen LogP contribution in [0.3, 0.4) is 0 Å². The zero-order chi connectivity index (χ0) is 11.1. The first-order chi connectivity index (χ1) is 6.97. The molecule has 0 aliphatic carbocycles. The van der Waals surface area contributed by atoms with Crippen molar-refractivity contribution < 1.29 is 4.48 Å². The molecule has 0 unspecified atom stereocenters. The summed E-state index contributed by atoms with van der Waals surface area (Å²) >= 11 is 0. The number of aromatic nitrogens is 3. The Labute approximate surface area is 87.4 Å². The first-order valence-corrected chi connectivity index (χ1v) is 4.81. The molecule has 2 heterocycles. The van der Waals surface area contributed by atoms with E-state index in [0.717, 1.165) is 16.6 Å². The summed E-state index contributed by atoms with van der Waals surface area (Å²) < 4.78 is 0.779. The van der Waals surface area contributed by atoms with Crippen molar-refractivity contribution in [3.05, 3.63) is 28.4 Å². The Balaban J connectivity index is 2.58. The average molecular weight is 207 g/mol. The van der Waals surface area contributed by atoms with E-state index in [1.165, 1.54) is 6.33 Å². The molecule has 5 heteroatoms. The minimum Gasteiger partial charge on any atom is -0.345 e. The van der Waals surface area contributed by atoms with E-state index in [1.54, 1.807) is 0 Å². The van der Waals surface area contributed by atoms with Gasteiger partial charge < -0.3 is 14.5 Å². The van der Waals surface area contributed by atoms with Gasteiger partial charge in [0.1, 0.15) is 12.2 Å². The minimum absolute atomic E-state index is 0.0790. The summed E-state index contributed by atoms with van der Waals surface area (Å²) in [6.45, 7) is 0.800. The lowest BCUT2D eigenvalue weighted by molar-refractivity contribution is -0.883. The molecule has 2 aromatic heterocycles. The van der Waals surface area contributed by atoms with Crippen LogP contribution in [0.15, 0.2) is 17.3 Å². The molecule has 0 atom stereocenters. The normalized spacial score (nSPS) is 12.2. The first-order valence-electron chi connectivity index (χ1n) is 4.81. The number of quaternary nitrogens is 1. The number of H-pyrrole nitrogens is 2. The summed E-state index contributed by atoms with van der Waals surface area (Å²) in [6, 6.07) is 0. The number of nitrogens with zero attached hydrogens (tertiary/aromatic N) is 2. The largest absolute Gasteiger partial charge is 0.345 e. The van der Waals surface area contributed by atoms with E-state index in [0.29, 0.717) is 11.0 Å². The van der Waals surface area contributed by atoms with E-state index in [9.17, 15) is 4.79 Å². The van der Waals surface area contributed by atoms with Crippen LogP contribution in [-0.2, 0) is 6.54 Å². The average Bonchev–Trinajstić information content (AvgIpc) is 2.47. The molecule has 0 saturated heterocycles. The van der Waals surface area contributed by atoms with Crippen LogP contribution < -0.4 is 5.56 Å². The van der Waals surface area contributed by atoms with Crippen LogP contribution in [0.25, 0.3) is 11.0 Å². The summed E-state index contributed by atoms with van der Waals surface area (Å²) in [5.41, 5.74) is 1.58. The van der Waals surface area contributed by atoms with Gasteiger partial charge in [0.15, 0.2) is 0 Å². The smallest absolute Gasteiger partial charge is 0.260 e. The summed E-state index contributed by atoms with van der Waals surface area (Å²) in [4.78, 5) is 21.3. The Kier molecular flexibility index (Phi) is 2.12. The van der Waals surface area contributed by atoms with Crippen molar-refractivity contribution >= 4 is 11.0 Å². The van der Waals surface area contributed by atoms with Gasteiger partial charge in [-0.05, 0) is 0 Å². The van der Waals surface area contributed by atoms with Crippen LogP contribution in [0, 0.1) is 0 Å².